The number of aromatic nitrogens is 1. The second-order valence-electron chi connectivity index (χ2n) is 6.23. The van der Waals surface area contributed by atoms with Crippen LogP contribution in [0.2, 0.25) is 0 Å². The highest BCUT2D eigenvalue weighted by Crippen LogP contribution is 2.33. The lowest BCUT2D eigenvalue weighted by Gasteiger charge is -2.02. The molecule has 4 heteroatoms. The zero-order chi connectivity index (χ0) is 18.6. The lowest BCUT2D eigenvalue weighted by molar-refractivity contribution is -0.669. The first-order chi connectivity index (χ1) is 13.3. The zero-order valence-electron chi connectivity index (χ0n) is 15.0. The van der Waals surface area contributed by atoms with Crippen LogP contribution in [0.4, 0.5) is 0 Å². The third-order valence-corrected chi connectivity index (χ3v) is 5.22. The van der Waals surface area contributed by atoms with E-state index in [0.29, 0.717) is 18.1 Å². The van der Waals surface area contributed by atoms with Crippen LogP contribution in [0.15, 0.2) is 94.2 Å². The van der Waals surface area contributed by atoms with Gasteiger partial charge in [-0.05, 0) is 42.7 Å². The molecule has 0 atom stereocenters. The SMILES string of the molecule is CSc1ccc(-c2c(O)oc(-c3ccccc3)[n+]2Cc2ccccc2)cc1. The maximum atomic E-state index is 10.6. The van der Waals surface area contributed by atoms with Crippen molar-refractivity contribution >= 4 is 11.8 Å². The van der Waals surface area contributed by atoms with Gasteiger partial charge >= 0.3 is 11.8 Å². The molecule has 0 saturated carbocycles. The number of hydrogen-bond acceptors (Lipinski definition) is 3. The summed E-state index contributed by atoms with van der Waals surface area (Å²) in [4.78, 5) is 1.18. The molecule has 0 spiro atoms. The van der Waals surface area contributed by atoms with Crippen LogP contribution in [0.5, 0.6) is 5.95 Å². The van der Waals surface area contributed by atoms with E-state index in [1.165, 1.54) is 4.90 Å². The van der Waals surface area contributed by atoms with E-state index in [2.05, 4.69) is 24.3 Å². The van der Waals surface area contributed by atoms with Gasteiger partial charge in [-0.2, -0.15) is 0 Å². The molecule has 0 unspecified atom stereocenters. The third-order valence-electron chi connectivity index (χ3n) is 4.48. The molecule has 0 amide bonds. The summed E-state index contributed by atoms with van der Waals surface area (Å²) in [6.45, 7) is 0.606. The van der Waals surface area contributed by atoms with Crippen LogP contribution in [0.25, 0.3) is 22.7 Å². The van der Waals surface area contributed by atoms with Gasteiger partial charge in [-0.1, -0.05) is 48.5 Å². The molecule has 27 heavy (non-hydrogen) atoms. The summed E-state index contributed by atoms with van der Waals surface area (Å²) >= 11 is 1.69. The van der Waals surface area contributed by atoms with Crippen molar-refractivity contribution < 1.29 is 14.1 Å². The number of benzene rings is 3. The minimum atomic E-state index is -0.0679. The molecule has 4 aromatic rings. The van der Waals surface area contributed by atoms with Crippen molar-refractivity contribution in [3.05, 3.63) is 90.5 Å². The Morgan fingerprint density at radius 2 is 1.44 bits per heavy atom. The molecule has 1 N–H and O–H groups in total. The van der Waals surface area contributed by atoms with Crippen molar-refractivity contribution in [2.75, 3.05) is 6.26 Å². The van der Waals surface area contributed by atoms with E-state index in [0.717, 1.165) is 16.7 Å². The maximum Gasteiger partial charge on any atom is 0.384 e. The predicted octanol–water partition coefficient (Wildman–Crippen LogP) is 5.38. The summed E-state index contributed by atoms with van der Waals surface area (Å²) in [6, 6.07) is 28.2. The average Bonchev–Trinajstić information content (AvgIpc) is 3.05. The summed E-state index contributed by atoms with van der Waals surface area (Å²) in [6.07, 6.45) is 2.05. The van der Waals surface area contributed by atoms with Crippen molar-refractivity contribution in [1.29, 1.82) is 0 Å². The predicted molar refractivity (Wildman–Crippen MR) is 109 cm³/mol. The molecule has 0 fully saturated rings. The van der Waals surface area contributed by atoms with Crippen LogP contribution in [-0.4, -0.2) is 11.4 Å². The number of nitrogens with zero attached hydrogens (tertiary/aromatic N) is 1. The number of oxazole rings is 1. The van der Waals surface area contributed by atoms with E-state index < -0.39 is 0 Å². The smallest absolute Gasteiger partial charge is 0.384 e. The Morgan fingerprint density at radius 1 is 0.815 bits per heavy atom. The lowest BCUT2D eigenvalue weighted by atomic mass is 10.1. The Bertz CT molecular complexity index is 1030. The molecule has 0 aliphatic rings. The quantitative estimate of drug-likeness (QED) is 0.377. The fraction of sp³-hybridized carbons (Fsp3) is 0.0870. The van der Waals surface area contributed by atoms with Gasteiger partial charge in [0.05, 0.1) is 11.1 Å². The molecule has 4 rings (SSSR count). The molecule has 3 nitrogen and oxygen atoms in total. The highest BCUT2D eigenvalue weighted by molar-refractivity contribution is 7.98. The van der Waals surface area contributed by atoms with Crippen molar-refractivity contribution in [2.45, 2.75) is 11.4 Å². The van der Waals surface area contributed by atoms with Crippen molar-refractivity contribution in [1.82, 2.24) is 0 Å². The van der Waals surface area contributed by atoms with Gasteiger partial charge in [-0.3, -0.25) is 0 Å². The van der Waals surface area contributed by atoms with Crippen LogP contribution >= 0.6 is 11.8 Å². The van der Waals surface area contributed by atoms with E-state index in [4.69, 9.17) is 4.42 Å². The highest BCUT2D eigenvalue weighted by atomic mass is 32.2. The van der Waals surface area contributed by atoms with Crippen LogP contribution in [0.3, 0.4) is 0 Å². The molecular formula is C23H20NO2S+. The van der Waals surface area contributed by atoms with Crippen molar-refractivity contribution in [3.63, 3.8) is 0 Å². The molecule has 0 aliphatic carbocycles. The average molecular weight is 374 g/mol. The monoisotopic (exact) mass is 374 g/mol. The molecule has 134 valence electrons. The summed E-state index contributed by atoms with van der Waals surface area (Å²) in [7, 11) is 0. The minimum Gasteiger partial charge on any atom is -0.476 e. The third kappa shape index (κ3) is 3.62. The molecule has 1 aromatic heterocycles. The Labute approximate surface area is 162 Å². The van der Waals surface area contributed by atoms with Gasteiger partial charge in [-0.15, -0.1) is 16.3 Å². The second kappa shape index (κ2) is 7.72. The second-order valence-corrected chi connectivity index (χ2v) is 7.11. The van der Waals surface area contributed by atoms with E-state index >= 15 is 0 Å². The van der Waals surface area contributed by atoms with Gasteiger partial charge in [0.15, 0.2) is 6.54 Å². The Kier molecular flexibility index (Phi) is 4.99. The molecule has 0 bridgehead atoms. The zero-order valence-corrected chi connectivity index (χ0v) is 15.8. The van der Waals surface area contributed by atoms with Crippen molar-refractivity contribution in [3.8, 4) is 28.7 Å². The van der Waals surface area contributed by atoms with Gasteiger partial charge in [0, 0.05) is 10.5 Å². The van der Waals surface area contributed by atoms with Gasteiger partial charge in [0.2, 0.25) is 0 Å². The molecule has 3 aromatic carbocycles. The Hall–Kier alpha value is -2.98. The summed E-state index contributed by atoms with van der Waals surface area (Å²) < 4.78 is 7.86. The lowest BCUT2D eigenvalue weighted by Crippen LogP contribution is -2.36. The van der Waals surface area contributed by atoms with Crippen LogP contribution in [-0.2, 0) is 6.54 Å². The number of aromatic hydroxyl groups is 1. The summed E-state index contributed by atoms with van der Waals surface area (Å²) in [5, 5.41) is 10.6. The van der Waals surface area contributed by atoms with Gasteiger partial charge in [0.1, 0.15) is 0 Å². The largest absolute Gasteiger partial charge is 0.476 e. The van der Waals surface area contributed by atoms with E-state index in [1.54, 1.807) is 11.8 Å². The maximum absolute atomic E-state index is 10.6. The minimum absolute atomic E-state index is 0.0679. The van der Waals surface area contributed by atoms with E-state index in [1.807, 2.05) is 71.5 Å². The van der Waals surface area contributed by atoms with E-state index in [-0.39, 0.29) is 5.95 Å². The van der Waals surface area contributed by atoms with Gasteiger partial charge in [0.25, 0.3) is 5.69 Å². The summed E-state index contributed by atoms with van der Waals surface area (Å²) in [5.74, 6) is 0.572. The van der Waals surface area contributed by atoms with Crippen LogP contribution in [0.1, 0.15) is 5.56 Å². The fourth-order valence-electron chi connectivity index (χ4n) is 3.15. The standard InChI is InChI=1S/C23H19NO2S/c1-27-20-14-12-18(13-15-20)21-23(25)26-22(19-10-6-3-7-11-19)24(21)16-17-8-4-2-5-9-17/h2-15H,16H2,1H3/p+1. The van der Waals surface area contributed by atoms with E-state index in [9.17, 15) is 5.11 Å². The number of thioether (sulfide) groups is 1. The Morgan fingerprint density at radius 3 is 2.07 bits per heavy atom. The normalized spacial score (nSPS) is 10.9. The van der Waals surface area contributed by atoms with Crippen LogP contribution in [0, 0.1) is 0 Å². The number of hydrogen-bond donors (Lipinski definition) is 1. The summed E-state index contributed by atoms with van der Waals surface area (Å²) in [5.41, 5.74) is 3.68. The molecule has 0 saturated heterocycles. The van der Waals surface area contributed by atoms with Crippen LogP contribution < -0.4 is 4.57 Å². The number of rotatable bonds is 5. The first-order valence-corrected chi connectivity index (χ1v) is 9.98. The van der Waals surface area contributed by atoms with Gasteiger partial charge in [-0.25, -0.2) is 0 Å². The fourth-order valence-corrected chi connectivity index (χ4v) is 3.56. The first-order valence-electron chi connectivity index (χ1n) is 8.75. The van der Waals surface area contributed by atoms with Gasteiger partial charge < -0.3 is 9.52 Å². The molecular weight excluding hydrogens is 354 g/mol. The highest BCUT2D eigenvalue weighted by Gasteiger charge is 2.31. The Balaban J connectivity index is 1.87. The molecule has 0 radical (unpaired) electrons. The molecule has 0 aliphatic heterocycles. The topological polar surface area (TPSA) is 37.3 Å². The molecule has 1 heterocycles. The first kappa shape index (κ1) is 17.4. The van der Waals surface area contributed by atoms with Crippen molar-refractivity contribution in [2.24, 2.45) is 0 Å².